The minimum atomic E-state index is -5.00. The van der Waals surface area contributed by atoms with Crippen molar-refractivity contribution in [1.82, 2.24) is 15.5 Å². The standard InChI is InChI=1S/C19H20F3N3O4S/c20-18(21,22)19(28-14-4-1-2-5-15(14)29-19)24-17(26)23-12-13(16-6-3-11-30-16)25-7-9-27-10-8-25/h1-6,11,13H,7-10,12H2,(H2,23,24,26). The second kappa shape index (κ2) is 8.32. The lowest BCUT2D eigenvalue weighted by Gasteiger charge is -2.34. The van der Waals surface area contributed by atoms with Crippen LogP contribution in [0.15, 0.2) is 41.8 Å². The molecule has 1 unspecified atom stereocenters. The van der Waals surface area contributed by atoms with Crippen molar-refractivity contribution in [1.29, 1.82) is 0 Å². The van der Waals surface area contributed by atoms with Crippen LogP contribution in [0.2, 0.25) is 0 Å². The minimum absolute atomic E-state index is 0.0973. The number of alkyl halides is 3. The molecule has 1 aromatic heterocycles. The second-order valence-corrected chi connectivity index (χ2v) is 7.76. The number of para-hydroxylation sites is 2. The van der Waals surface area contributed by atoms with Crippen LogP contribution in [-0.4, -0.2) is 55.9 Å². The van der Waals surface area contributed by atoms with Gasteiger partial charge in [0.2, 0.25) is 0 Å². The molecule has 30 heavy (non-hydrogen) atoms. The van der Waals surface area contributed by atoms with E-state index in [1.165, 1.54) is 35.6 Å². The highest BCUT2D eigenvalue weighted by atomic mass is 32.1. The van der Waals surface area contributed by atoms with E-state index in [2.05, 4.69) is 10.2 Å². The van der Waals surface area contributed by atoms with Crippen LogP contribution >= 0.6 is 11.3 Å². The van der Waals surface area contributed by atoms with Gasteiger partial charge in [0.1, 0.15) is 0 Å². The Morgan fingerprint density at radius 1 is 1.13 bits per heavy atom. The summed E-state index contributed by atoms with van der Waals surface area (Å²) in [6.45, 7) is 2.57. The average Bonchev–Trinajstić information content (AvgIpc) is 3.36. The number of benzene rings is 1. The number of carbonyl (C=O) groups is 1. The lowest BCUT2D eigenvalue weighted by molar-refractivity contribution is -0.317. The van der Waals surface area contributed by atoms with Crippen molar-refractivity contribution in [2.45, 2.75) is 18.1 Å². The van der Waals surface area contributed by atoms with E-state index in [0.717, 1.165) is 4.88 Å². The van der Waals surface area contributed by atoms with E-state index >= 15 is 0 Å². The SMILES string of the molecule is O=C(NCC(c1cccs1)N1CCOCC1)NC1(C(F)(F)F)Oc2ccccc2O1. The van der Waals surface area contributed by atoms with Crippen LogP contribution in [0.1, 0.15) is 10.9 Å². The zero-order valence-corrected chi connectivity index (χ0v) is 16.6. The summed E-state index contributed by atoms with van der Waals surface area (Å²) in [5, 5.41) is 6.27. The van der Waals surface area contributed by atoms with Gasteiger partial charge in [-0.15, -0.1) is 11.3 Å². The molecule has 0 aliphatic carbocycles. The van der Waals surface area contributed by atoms with Crippen LogP contribution in [-0.2, 0) is 4.74 Å². The number of nitrogens with one attached hydrogen (secondary N) is 2. The molecule has 4 rings (SSSR count). The Labute approximate surface area is 174 Å². The fourth-order valence-corrected chi connectivity index (χ4v) is 4.21. The number of amides is 2. The van der Waals surface area contributed by atoms with E-state index in [-0.39, 0.29) is 24.1 Å². The second-order valence-electron chi connectivity index (χ2n) is 6.78. The number of hydrogen-bond donors (Lipinski definition) is 2. The molecule has 0 spiro atoms. The van der Waals surface area contributed by atoms with E-state index in [9.17, 15) is 18.0 Å². The molecule has 3 heterocycles. The molecule has 0 radical (unpaired) electrons. The van der Waals surface area contributed by atoms with E-state index < -0.39 is 18.1 Å². The highest BCUT2D eigenvalue weighted by Gasteiger charge is 2.65. The molecule has 11 heteroatoms. The van der Waals surface area contributed by atoms with Gasteiger partial charge in [0.15, 0.2) is 11.5 Å². The van der Waals surface area contributed by atoms with E-state index in [0.29, 0.717) is 26.3 Å². The maximum Gasteiger partial charge on any atom is 0.492 e. The lowest BCUT2D eigenvalue weighted by Crippen LogP contribution is -2.66. The molecule has 2 aromatic rings. The van der Waals surface area contributed by atoms with Gasteiger partial charge in [-0.2, -0.15) is 13.2 Å². The van der Waals surface area contributed by atoms with Crippen molar-refractivity contribution in [2.75, 3.05) is 32.8 Å². The van der Waals surface area contributed by atoms with Gasteiger partial charge in [0.25, 0.3) is 0 Å². The predicted molar refractivity (Wildman–Crippen MR) is 102 cm³/mol. The van der Waals surface area contributed by atoms with E-state index in [4.69, 9.17) is 14.2 Å². The minimum Gasteiger partial charge on any atom is -0.424 e. The Balaban J connectivity index is 1.44. The molecule has 2 amide bonds. The molecule has 7 nitrogen and oxygen atoms in total. The molecule has 2 aliphatic rings. The predicted octanol–water partition coefficient (Wildman–Crippen LogP) is 3.11. The number of nitrogens with zero attached hydrogens (tertiary/aromatic N) is 1. The molecule has 2 aliphatic heterocycles. The molecule has 2 N–H and O–H groups in total. The largest absolute Gasteiger partial charge is 0.492 e. The third-order valence-corrected chi connectivity index (χ3v) is 5.80. The topological polar surface area (TPSA) is 72.1 Å². The van der Waals surface area contributed by atoms with Crippen LogP contribution in [0, 0.1) is 0 Å². The molecule has 162 valence electrons. The van der Waals surface area contributed by atoms with Gasteiger partial charge >= 0.3 is 18.1 Å². The normalized spacial score (nSPS) is 19.3. The van der Waals surface area contributed by atoms with Crippen molar-refractivity contribution < 1.29 is 32.2 Å². The molecule has 0 saturated carbocycles. The zero-order valence-electron chi connectivity index (χ0n) is 15.8. The summed E-state index contributed by atoms with van der Waals surface area (Å²) in [5.41, 5.74) is 0. The monoisotopic (exact) mass is 443 g/mol. The van der Waals surface area contributed by atoms with Crippen LogP contribution in [0.25, 0.3) is 0 Å². The zero-order chi connectivity index (χ0) is 21.2. The number of halogens is 3. The lowest BCUT2D eigenvalue weighted by atomic mass is 10.2. The number of thiophene rings is 1. The molecule has 1 saturated heterocycles. The fourth-order valence-electron chi connectivity index (χ4n) is 3.35. The number of hydrogen-bond acceptors (Lipinski definition) is 6. The summed E-state index contributed by atoms with van der Waals surface area (Å²) in [4.78, 5) is 15.6. The van der Waals surface area contributed by atoms with Gasteiger partial charge in [-0.1, -0.05) is 18.2 Å². The fraction of sp³-hybridized carbons (Fsp3) is 0.421. The number of carbonyl (C=O) groups excluding carboxylic acids is 1. The summed E-state index contributed by atoms with van der Waals surface area (Å²) in [6.07, 6.45) is -5.00. The van der Waals surface area contributed by atoms with Gasteiger partial charge in [-0.25, -0.2) is 4.79 Å². The first-order valence-corrected chi connectivity index (χ1v) is 10.2. The van der Waals surface area contributed by atoms with Crippen LogP contribution in [0.3, 0.4) is 0 Å². The highest BCUT2D eigenvalue weighted by molar-refractivity contribution is 7.10. The molecule has 1 fully saturated rings. The first kappa shape index (κ1) is 20.8. The molecule has 0 bridgehead atoms. The van der Waals surface area contributed by atoms with E-state index in [1.807, 2.05) is 22.8 Å². The summed E-state index contributed by atoms with van der Waals surface area (Å²) >= 11 is 1.52. The van der Waals surface area contributed by atoms with E-state index in [1.54, 1.807) is 0 Å². The third-order valence-electron chi connectivity index (χ3n) is 4.82. The molecular formula is C19H20F3N3O4S. The Morgan fingerprint density at radius 2 is 1.80 bits per heavy atom. The Bertz CT molecular complexity index is 847. The molecule has 1 atom stereocenters. The number of morpholine rings is 1. The average molecular weight is 443 g/mol. The maximum absolute atomic E-state index is 13.7. The quantitative estimate of drug-likeness (QED) is 0.743. The summed E-state index contributed by atoms with van der Waals surface area (Å²) < 4.78 is 56.6. The number of rotatable bonds is 5. The van der Waals surface area contributed by atoms with Crippen molar-refractivity contribution in [3.63, 3.8) is 0 Å². The summed E-state index contributed by atoms with van der Waals surface area (Å²) in [7, 11) is 0. The summed E-state index contributed by atoms with van der Waals surface area (Å²) in [5.74, 6) is -3.47. The molecule has 1 aromatic carbocycles. The van der Waals surface area contributed by atoms with Crippen molar-refractivity contribution in [3.05, 3.63) is 46.7 Å². The number of urea groups is 1. The Morgan fingerprint density at radius 3 is 2.37 bits per heavy atom. The summed E-state index contributed by atoms with van der Waals surface area (Å²) in [6, 6.07) is 8.32. The van der Waals surface area contributed by atoms with Crippen LogP contribution < -0.4 is 20.1 Å². The van der Waals surface area contributed by atoms with Gasteiger partial charge in [0.05, 0.1) is 19.3 Å². The van der Waals surface area contributed by atoms with Gasteiger partial charge in [0, 0.05) is 24.5 Å². The number of fused-ring (bicyclic) bond motifs is 1. The Hall–Kier alpha value is -2.50. The van der Waals surface area contributed by atoms with Crippen molar-refractivity contribution in [3.8, 4) is 11.5 Å². The molecular weight excluding hydrogens is 423 g/mol. The van der Waals surface area contributed by atoms with Gasteiger partial charge < -0.3 is 19.5 Å². The van der Waals surface area contributed by atoms with Gasteiger partial charge in [-0.3, -0.25) is 10.2 Å². The first-order chi connectivity index (χ1) is 14.4. The maximum atomic E-state index is 13.7. The smallest absolute Gasteiger partial charge is 0.424 e. The van der Waals surface area contributed by atoms with Crippen LogP contribution in [0.5, 0.6) is 11.5 Å². The van der Waals surface area contributed by atoms with Crippen molar-refractivity contribution in [2.24, 2.45) is 0 Å². The van der Waals surface area contributed by atoms with Gasteiger partial charge in [-0.05, 0) is 23.6 Å². The van der Waals surface area contributed by atoms with Crippen LogP contribution in [0.4, 0.5) is 18.0 Å². The number of ether oxygens (including phenoxy) is 3. The van der Waals surface area contributed by atoms with Crippen molar-refractivity contribution >= 4 is 17.4 Å². The third kappa shape index (κ3) is 4.18. The first-order valence-electron chi connectivity index (χ1n) is 9.33. The Kier molecular flexibility index (Phi) is 5.76. The highest BCUT2D eigenvalue weighted by Crippen LogP contribution is 2.44.